The van der Waals surface area contributed by atoms with Crippen LogP contribution in [0.25, 0.3) is 10.8 Å². The zero-order chi connectivity index (χ0) is 14.8. The van der Waals surface area contributed by atoms with Gasteiger partial charge in [0.25, 0.3) is 0 Å². The fraction of sp³-hybridized carbons (Fsp3) is 0.0588. The van der Waals surface area contributed by atoms with E-state index in [2.05, 4.69) is 0 Å². The number of ether oxygens (including phenoxy) is 1. The summed E-state index contributed by atoms with van der Waals surface area (Å²) in [6.07, 6.45) is 0. The van der Waals surface area contributed by atoms with Gasteiger partial charge < -0.3 is 9.84 Å². The van der Waals surface area contributed by atoms with Crippen LogP contribution in [0.4, 0.5) is 4.39 Å². The highest BCUT2D eigenvalue weighted by atomic mass is 35.5. The van der Waals surface area contributed by atoms with E-state index in [0.717, 1.165) is 10.8 Å². The number of hydrogen-bond donors (Lipinski definition) is 1. The van der Waals surface area contributed by atoms with E-state index < -0.39 is 5.82 Å². The summed E-state index contributed by atoms with van der Waals surface area (Å²) >= 11 is 5.95. The Morgan fingerprint density at radius 3 is 2.43 bits per heavy atom. The van der Waals surface area contributed by atoms with Gasteiger partial charge in [-0.3, -0.25) is 0 Å². The van der Waals surface area contributed by atoms with Crippen molar-refractivity contribution in [2.45, 2.75) is 6.61 Å². The monoisotopic (exact) mass is 302 g/mol. The first-order valence-corrected chi connectivity index (χ1v) is 6.80. The number of benzene rings is 3. The Labute approximate surface area is 126 Å². The normalized spacial score (nSPS) is 10.8. The molecule has 0 aromatic heterocycles. The van der Waals surface area contributed by atoms with Crippen LogP contribution in [0.2, 0.25) is 5.02 Å². The molecular weight excluding hydrogens is 291 g/mol. The fourth-order valence-electron chi connectivity index (χ4n) is 2.14. The second kappa shape index (κ2) is 5.62. The van der Waals surface area contributed by atoms with Crippen molar-refractivity contribution in [3.8, 4) is 11.5 Å². The molecule has 0 saturated carbocycles. The van der Waals surface area contributed by atoms with Crippen molar-refractivity contribution in [1.29, 1.82) is 0 Å². The number of rotatable bonds is 3. The van der Waals surface area contributed by atoms with Crippen LogP contribution < -0.4 is 4.74 Å². The van der Waals surface area contributed by atoms with Gasteiger partial charge >= 0.3 is 0 Å². The number of halogens is 2. The van der Waals surface area contributed by atoms with Crippen LogP contribution in [-0.4, -0.2) is 5.11 Å². The standard InChI is InChI=1S/C17H12ClFO2/c18-14-6-3-7-15(19)13(14)10-21-17-9-12-5-2-1-4-11(12)8-16(17)20/h1-9,20H,10H2. The molecule has 0 unspecified atom stereocenters. The maximum atomic E-state index is 13.7. The highest BCUT2D eigenvalue weighted by molar-refractivity contribution is 6.31. The van der Waals surface area contributed by atoms with Gasteiger partial charge in [-0.1, -0.05) is 41.9 Å². The van der Waals surface area contributed by atoms with Crippen molar-refractivity contribution in [2.75, 3.05) is 0 Å². The lowest BCUT2D eigenvalue weighted by atomic mass is 10.1. The average Bonchev–Trinajstić information content (AvgIpc) is 2.47. The molecule has 4 heteroatoms. The van der Waals surface area contributed by atoms with Crippen LogP contribution in [0.15, 0.2) is 54.6 Å². The number of phenols is 1. The summed E-state index contributed by atoms with van der Waals surface area (Å²) in [7, 11) is 0. The Kier molecular flexibility index (Phi) is 3.67. The molecule has 3 aromatic carbocycles. The van der Waals surface area contributed by atoms with E-state index in [0.29, 0.717) is 10.8 Å². The van der Waals surface area contributed by atoms with Gasteiger partial charge in [0.15, 0.2) is 11.5 Å². The van der Waals surface area contributed by atoms with Crippen molar-refractivity contribution < 1.29 is 14.2 Å². The molecule has 0 aliphatic rings. The van der Waals surface area contributed by atoms with Gasteiger partial charge in [0.2, 0.25) is 0 Å². The first-order valence-electron chi connectivity index (χ1n) is 6.42. The molecule has 0 aliphatic heterocycles. The van der Waals surface area contributed by atoms with Crippen LogP contribution in [0.3, 0.4) is 0 Å². The number of hydrogen-bond acceptors (Lipinski definition) is 2. The lowest BCUT2D eigenvalue weighted by Crippen LogP contribution is -1.99. The summed E-state index contributed by atoms with van der Waals surface area (Å²) in [6.45, 7) is -0.0442. The van der Waals surface area contributed by atoms with Gasteiger partial charge in [0.05, 0.1) is 5.02 Å². The maximum absolute atomic E-state index is 13.7. The molecule has 0 heterocycles. The first-order chi connectivity index (χ1) is 10.1. The van der Waals surface area contributed by atoms with E-state index in [1.807, 2.05) is 24.3 Å². The van der Waals surface area contributed by atoms with Crippen molar-refractivity contribution >= 4 is 22.4 Å². The molecule has 0 spiro atoms. The molecule has 0 bridgehead atoms. The summed E-state index contributed by atoms with van der Waals surface area (Å²) in [6, 6.07) is 15.4. The average molecular weight is 303 g/mol. The Balaban J connectivity index is 1.90. The third-order valence-electron chi connectivity index (χ3n) is 3.26. The smallest absolute Gasteiger partial charge is 0.162 e. The Hall–Kier alpha value is -2.26. The van der Waals surface area contributed by atoms with E-state index in [-0.39, 0.29) is 17.9 Å². The van der Waals surface area contributed by atoms with E-state index in [1.54, 1.807) is 18.2 Å². The lowest BCUT2D eigenvalue weighted by molar-refractivity contribution is 0.284. The van der Waals surface area contributed by atoms with E-state index in [1.165, 1.54) is 12.1 Å². The predicted octanol–water partition coefficient (Wildman–Crippen LogP) is 4.92. The fourth-order valence-corrected chi connectivity index (χ4v) is 2.36. The van der Waals surface area contributed by atoms with Crippen molar-refractivity contribution in [3.63, 3.8) is 0 Å². The number of fused-ring (bicyclic) bond motifs is 1. The molecule has 3 rings (SSSR count). The minimum absolute atomic E-state index is 0.0150. The Morgan fingerprint density at radius 2 is 1.71 bits per heavy atom. The number of aromatic hydroxyl groups is 1. The van der Waals surface area contributed by atoms with Gasteiger partial charge in [-0.15, -0.1) is 0 Å². The molecule has 21 heavy (non-hydrogen) atoms. The van der Waals surface area contributed by atoms with Crippen molar-refractivity contribution in [1.82, 2.24) is 0 Å². The van der Waals surface area contributed by atoms with Gasteiger partial charge in [-0.05, 0) is 35.0 Å². The second-order valence-corrected chi connectivity index (χ2v) is 5.06. The highest BCUT2D eigenvalue weighted by Gasteiger charge is 2.10. The van der Waals surface area contributed by atoms with Gasteiger partial charge in [-0.2, -0.15) is 0 Å². The highest BCUT2D eigenvalue weighted by Crippen LogP contribution is 2.32. The van der Waals surface area contributed by atoms with Crippen molar-refractivity contribution in [3.05, 3.63) is 71.0 Å². The minimum Gasteiger partial charge on any atom is -0.504 e. The first kappa shape index (κ1) is 13.7. The minimum atomic E-state index is -0.428. The zero-order valence-corrected chi connectivity index (χ0v) is 11.8. The van der Waals surface area contributed by atoms with Crippen molar-refractivity contribution in [2.24, 2.45) is 0 Å². The maximum Gasteiger partial charge on any atom is 0.162 e. The van der Waals surface area contributed by atoms with Crippen LogP contribution >= 0.6 is 11.6 Å². The largest absolute Gasteiger partial charge is 0.504 e. The number of phenolic OH excluding ortho intramolecular Hbond substituents is 1. The molecule has 0 amide bonds. The van der Waals surface area contributed by atoms with Gasteiger partial charge in [-0.25, -0.2) is 4.39 Å². The summed E-state index contributed by atoms with van der Waals surface area (Å²) in [4.78, 5) is 0. The molecule has 0 saturated heterocycles. The SMILES string of the molecule is Oc1cc2ccccc2cc1OCc1c(F)cccc1Cl. The molecule has 3 aromatic rings. The van der Waals surface area contributed by atoms with E-state index in [9.17, 15) is 9.50 Å². The molecule has 106 valence electrons. The molecular formula is C17H12ClFO2. The van der Waals surface area contributed by atoms with Crippen LogP contribution in [0.5, 0.6) is 11.5 Å². The molecule has 2 nitrogen and oxygen atoms in total. The van der Waals surface area contributed by atoms with Crippen LogP contribution in [-0.2, 0) is 6.61 Å². The lowest BCUT2D eigenvalue weighted by Gasteiger charge is -2.11. The molecule has 0 aliphatic carbocycles. The summed E-state index contributed by atoms with van der Waals surface area (Å²) in [5.41, 5.74) is 0.270. The van der Waals surface area contributed by atoms with E-state index >= 15 is 0 Å². The third-order valence-corrected chi connectivity index (χ3v) is 3.62. The quantitative estimate of drug-likeness (QED) is 0.744. The van der Waals surface area contributed by atoms with E-state index in [4.69, 9.17) is 16.3 Å². The topological polar surface area (TPSA) is 29.5 Å². The molecule has 0 radical (unpaired) electrons. The molecule has 0 atom stereocenters. The predicted molar refractivity (Wildman–Crippen MR) is 81.4 cm³/mol. The molecule has 0 fully saturated rings. The summed E-state index contributed by atoms with van der Waals surface area (Å²) in [5, 5.41) is 12.1. The summed E-state index contributed by atoms with van der Waals surface area (Å²) in [5.74, 6) is -0.114. The Morgan fingerprint density at radius 1 is 1.00 bits per heavy atom. The second-order valence-electron chi connectivity index (χ2n) is 4.66. The third kappa shape index (κ3) is 2.78. The summed E-state index contributed by atoms with van der Waals surface area (Å²) < 4.78 is 19.2. The van der Waals surface area contributed by atoms with Gasteiger partial charge in [0.1, 0.15) is 12.4 Å². The van der Waals surface area contributed by atoms with Crippen LogP contribution in [0, 0.1) is 5.82 Å². The van der Waals surface area contributed by atoms with Crippen LogP contribution in [0.1, 0.15) is 5.56 Å². The van der Waals surface area contributed by atoms with Gasteiger partial charge in [0, 0.05) is 5.56 Å². The zero-order valence-electron chi connectivity index (χ0n) is 11.0. The Bertz CT molecular complexity index is 782. The molecule has 1 N–H and O–H groups in total.